The second-order valence-electron chi connectivity index (χ2n) is 1.92. The van der Waals surface area contributed by atoms with Crippen molar-refractivity contribution in [1.82, 2.24) is 19.8 Å². The van der Waals surface area contributed by atoms with E-state index in [0.29, 0.717) is 0 Å². The molecule has 0 amide bonds. The standard InChI is InChI=1S/C5H6N4/c1-4-7-5-2-3-6-9(5)8-4/h2-3H,1H3,(H,7,8). The lowest BCUT2D eigenvalue weighted by atomic mass is 10.7. The zero-order chi connectivity index (χ0) is 6.27. The predicted octanol–water partition coefficient (Wildman–Crippen LogP) is 0.366. The predicted molar refractivity (Wildman–Crippen MR) is 32.1 cm³/mol. The van der Waals surface area contributed by atoms with E-state index in [1.807, 2.05) is 13.0 Å². The van der Waals surface area contributed by atoms with Crippen LogP contribution in [0.15, 0.2) is 12.3 Å². The molecule has 2 rings (SSSR count). The molecule has 2 aromatic heterocycles. The summed E-state index contributed by atoms with van der Waals surface area (Å²) in [5.41, 5.74) is 0.938. The van der Waals surface area contributed by atoms with Crippen LogP contribution in [0.4, 0.5) is 0 Å². The van der Waals surface area contributed by atoms with Crippen molar-refractivity contribution < 1.29 is 0 Å². The number of hydrogen-bond donors (Lipinski definition) is 1. The molecule has 0 fully saturated rings. The van der Waals surface area contributed by atoms with Gasteiger partial charge >= 0.3 is 0 Å². The Balaban J connectivity index is 2.92. The van der Waals surface area contributed by atoms with Gasteiger partial charge in [-0.05, 0) is 6.92 Å². The second-order valence-corrected chi connectivity index (χ2v) is 1.92. The zero-order valence-electron chi connectivity index (χ0n) is 5.00. The summed E-state index contributed by atoms with van der Waals surface area (Å²) in [4.78, 5) is 3.03. The zero-order valence-corrected chi connectivity index (χ0v) is 5.00. The number of rotatable bonds is 0. The monoisotopic (exact) mass is 122 g/mol. The molecule has 0 aliphatic carbocycles. The van der Waals surface area contributed by atoms with Crippen molar-refractivity contribution in [3.05, 3.63) is 18.1 Å². The Morgan fingerprint density at radius 3 is 3.33 bits per heavy atom. The van der Waals surface area contributed by atoms with Crippen LogP contribution in [0.1, 0.15) is 5.82 Å². The lowest BCUT2D eigenvalue weighted by Crippen LogP contribution is -1.84. The Labute approximate surface area is 51.5 Å². The van der Waals surface area contributed by atoms with Crippen LogP contribution in [-0.2, 0) is 0 Å². The molecule has 0 spiro atoms. The van der Waals surface area contributed by atoms with Crippen molar-refractivity contribution in [1.29, 1.82) is 0 Å². The van der Waals surface area contributed by atoms with Gasteiger partial charge in [0, 0.05) is 6.07 Å². The Bertz CT molecular complexity index is 290. The summed E-state index contributed by atoms with van der Waals surface area (Å²) in [5, 5.41) is 7.94. The molecule has 0 bridgehead atoms. The lowest BCUT2D eigenvalue weighted by Gasteiger charge is -1.71. The number of nitrogens with one attached hydrogen (secondary N) is 1. The van der Waals surface area contributed by atoms with Gasteiger partial charge in [-0.3, -0.25) is 0 Å². The molecule has 46 valence electrons. The lowest BCUT2D eigenvalue weighted by molar-refractivity contribution is 0.806. The van der Waals surface area contributed by atoms with Gasteiger partial charge in [-0.15, -0.1) is 9.73 Å². The highest BCUT2D eigenvalue weighted by Gasteiger charge is 1.94. The molecule has 0 atom stereocenters. The van der Waals surface area contributed by atoms with Crippen LogP contribution in [-0.4, -0.2) is 19.8 Å². The van der Waals surface area contributed by atoms with E-state index in [9.17, 15) is 0 Å². The maximum Gasteiger partial charge on any atom is 0.155 e. The summed E-state index contributed by atoms with van der Waals surface area (Å²) in [7, 11) is 0. The summed E-state index contributed by atoms with van der Waals surface area (Å²) in [6, 6.07) is 1.88. The van der Waals surface area contributed by atoms with Crippen LogP contribution in [0.5, 0.6) is 0 Å². The second kappa shape index (κ2) is 1.34. The Kier molecular flexibility index (Phi) is 0.677. The fraction of sp³-hybridized carbons (Fsp3) is 0.200. The Hall–Kier alpha value is -1.32. The van der Waals surface area contributed by atoms with E-state index in [-0.39, 0.29) is 0 Å². The molecule has 0 aliphatic rings. The van der Waals surface area contributed by atoms with Gasteiger partial charge in [0.05, 0.1) is 6.20 Å². The molecule has 2 aromatic rings. The van der Waals surface area contributed by atoms with Gasteiger partial charge in [0.15, 0.2) is 5.65 Å². The van der Waals surface area contributed by atoms with Gasteiger partial charge < -0.3 is 4.98 Å². The van der Waals surface area contributed by atoms with E-state index in [4.69, 9.17) is 0 Å². The maximum atomic E-state index is 4.02. The van der Waals surface area contributed by atoms with Crippen LogP contribution < -0.4 is 0 Å². The average Bonchev–Trinajstić information content (AvgIpc) is 2.22. The first-order valence-electron chi connectivity index (χ1n) is 2.73. The van der Waals surface area contributed by atoms with Gasteiger partial charge in [0.1, 0.15) is 5.82 Å². The third-order valence-electron chi connectivity index (χ3n) is 1.18. The average molecular weight is 122 g/mol. The Morgan fingerprint density at radius 1 is 1.67 bits per heavy atom. The van der Waals surface area contributed by atoms with Gasteiger partial charge in [0.2, 0.25) is 0 Å². The molecule has 1 N–H and O–H groups in total. The minimum Gasteiger partial charge on any atom is -0.326 e. The fourth-order valence-corrected chi connectivity index (χ4v) is 0.820. The van der Waals surface area contributed by atoms with E-state index < -0.39 is 0 Å². The molecule has 0 saturated carbocycles. The minimum absolute atomic E-state index is 0.887. The number of nitrogens with zero attached hydrogens (tertiary/aromatic N) is 3. The number of aromatic amines is 1. The third kappa shape index (κ3) is 0.526. The van der Waals surface area contributed by atoms with E-state index in [1.54, 1.807) is 10.8 Å². The molecule has 4 heteroatoms. The molecule has 0 saturated heterocycles. The topological polar surface area (TPSA) is 46.0 Å². The number of aryl methyl sites for hydroxylation is 1. The highest BCUT2D eigenvalue weighted by molar-refractivity contribution is 5.34. The molecule has 2 heterocycles. The molecule has 0 aliphatic heterocycles. The molecule has 4 nitrogen and oxygen atoms in total. The molecule has 0 unspecified atom stereocenters. The first-order valence-corrected chi connectivity index (χ1v) is 2.73. The van der Waals surface area contributed by atoms with E-state index in [2.05, 4.69) is 15.2 Å². The van der Waals surface area contributed by atoms with Crippen LogP contribution in [0.25, 0.3) is 5.65 Å². The van der Waals surface area contributed by atoms with Gasteiger partial charge in [-0.2, -0.15) is 5.10 Å². The van der Waals surface area contributed by atoms with Crippen LogP contribution in [0, 0.1) is 6.92 Å². The largest absolute Gasteiger partial charge is 0.326 e. The summed E-state index contributed by atoms with van der Waals surface area (Å²) in [6.07, 6.45) is 1.71. The Morgan fingerprint density at radius 2 is 2.56 bits per heavy atom. The van der Waals surface area contributed by atoms with Gasteiger partial charge in [0.25, 0.3) is 0 Å². The first-order chi connectivity index (χ1) is 4.36. The number of aromatic nitrogens is 4. The summed E-state index contributed by atoms with van der Waals surface area (Å²) in [5.74, 6) is 0.887. The SMILES string of the molecule is Cc1nn2nccc2[nH]1. The summed E-state index contributed by atoms with van der Waals surface area (Å²) < 4.78 is 1.56. The van der Waals surface area contributed by atoms with Crippen molar-refractivity contribution in [3.8, 4) is 0 Å². The third-order valence-corrected chi connectivity index (χ3v) is 1.18. The smallest absolute Gasteiger partial charge is 0.155 e. The van der Waals surface area contributed by atoms with Crippen LogP contribution >= 0.6 is 0 Å². The maximum absolute atomic E-state index is 4.02. The highest BCUT2D eigenvalue weighted by atomic mass is 15.4. The van der Waals surface area contributed by atoms with Gasteiger partial charge in [-0.25, -0.2) is 0 Å². The summed E-state index contributed by atoms with van der Waals surface area (Å²) >= 11 is 0. The van der Waals surface area contributed by atoms with Gasteiger partial charge in [-0.1, -0.05) is 0 Å². The van der Waals surface area contributed by atoms with E-state index >= 15 is 0 Å². The van der Waals surface area contributed by atoms with Crippen LogP contribution in [0.2, 0.25) is 0 Å². The fourth-order valence-electron chi connectivity index (χ4n) is 0.820. The first kappa shape index (κ1) is 4.55. The number of H-pyrrole nitrogens is 1. The van der Waals surface area contributed by atoms with Crippen molar-refractivity contribution >= 4 is 5.65 Å². The molecule has 0 radical (unpaired) electrons. The van der Waals surface area contributed by atoms with Crippen molar-refractivity contribution in [2.45, 2.75) is 6.92 Å². The minimum atomic E-state index is 0.887. The molecular formula is C5H6N4. The number of fused-ring (bicyclic) bond motifs is 1. The normalized spacial score (nSPS) is 10.8. The molecular weight excluding hydrogens is 116 g/mol. The highest BCUT2D eigenvalue weighted by Crippen LogP contribution is 1.95. The number of hydrogen-bond acceptors (Lipinski definition) is 2. The van der Waals surface area contributed by atoms with Crippen LogP contribution in [0.3, 0.4) is 0 Å². The van der Waals surface area contributed by atoms with Crippen molar-refractivity contribution in [2.24, 2.45) is 0 Å². The van der Waals surface area contributed by atoms with E-state index in [0.717, 1.165) is 11.5 Å². The van der Waals surface area contributed by atoms with Crippen molar-refractivity contribution in [2.75, 3.05) is 0 Å². The van der Waals surface area contributed by atoms with Crippen molar-refractivity contribution in [3.63, 3.8) is 0 Å². The van der Waals surface area contributed by atoms with E-state index in [1.165, 1.54) is 0 Å². The molecule has 9 heavy (non-hydrogen) atoms. The molecule has 0 aromatic carbocycles. The quantitative estimate of drug-likeness (QED) is 0.548. The summed E-state index contributed by atoms with van der Waals surface area (Å²) in [6.45, 7) is 1.90.